The number of carbonyl (C=O) groups is 2. The number of nitrogens with two attached hydrogens (primary N) is 1. The number of non-ortho nitro benzene ring substituents is 1. The van der Waals surface area contributed by atoms with Gasteiger partial charge in [0, 0.05) is 23.4 Å². The van der Waals surface area contributed by atoms with Crippen molar-refractivity contribution < 1.29 is 19.2 Å². The summed E-state index contributed by atoms with van der Waals surface area (Å²) in [5.41, 5.74) is 6.80. The molecular formula is C18H18N2O5. The highest BCUT2D eigenvalue weighted by molar-refractivity contribution is 6.02. The molecule has 0 radical (unpaired) electrons. The van der Waals surface area contributed by atoms with E-state index in [2.05, 4.69) is 0 Å². The van der Waals surface area contributed by atoms with E-state index >= 15 is 0 Å². The van der Waals surface area contributed by atoms with Gasteiger partial charge >= 0.3 is 5.97 Å². The Labute approximate surface area is 144 Å². The van der Waals surface area contributed by atoms with Gasteiger partial charge in [-0.2, -0.15) is 0 Å². The molecule has 0 fully saturated rings. The Bertz CT molecular complexity index is 815. The third-order valence-electron chi connectivity index (χ3n) is 3.77. The maximum Gasteiger partial charge on any atom is 0.341 e. The lowest BCUT2D eigenvalue weighted by atomic mass is 10.0. The number of ketones is 1. The molecule has 2 aromatic rings. The quantitative estimate of drug-likeness (QED) is 0.284. The van der Waals surface area contributed by atoms with Crippen molar-refractivity contribution in [2.75, 3.05) is 5.73 Å². The fourth-order valence-electron chi connectivity index (χ4n) is 2.25. The second kappa shape index (κ2) is 7.57. The van der Waals surface area contributed by atoms with Gasteiger partial charge in [-0.1, -0.05) is 31.2 Å². The Kier molecular flexibility index (Phi) is 5.49. The third kappa shape index (κ3) is 4.20. The highest BCUT2D eigenvalue weighted by atomic mass is 16.6. The van der Waals surface area contributed by atoms with Crippen LogP contribution >= 0.6 is 0 Å². The standard InChI is InChI=1S/C18H18N2O5/c1-3-12-4-6-13(7-5-12)17(21)11(2)25-18(22)15-10-14(20(23)24)8-9-16(15)19/h4-11H,3,19H2,1-2H3/t11-/m1/s1. The molecule has 7 nitrogen and oxygen atoms in total. The minimum atomic E-state index is -1.04. The Morgan fingerprint density at radius 2 is 1.84 bits per heavy atom. The molecule has 0 aliphatic rings. The van der Waals surface area contributed by atoms with Gasteiger partial charge in [-0.25, -0.2) is 4.79 Å². The number of nitro groups is 1. The summed E-state index contributed by atoms with van der Waals surface area (Å²) in [6, 6.07) is 10.5. The topological polar surface area (TPSA) is 113 Å². The van der Waals surface area contributed by atoms with Crippen LogP contribution in [-0.4, -0.2) is 22.8 Å². The van der Waals surface area contributed by atoms with Gasteiger partial charge in [-0.3, -0.25) is 14.9 Å². The molecule has 0 unspecified atom stereocenters. The van der Waals surface area contributed by atoms with E-state index in [1.807, 2.05) is 19.1 Å². The summed E-state index contributed by atoms with van der Waals surface area (Å²) in [4.78, 5) is 34.7. The summed E-state index contributed by atoms with van der Waals surface area (Å²) in [5.74, 6) is -1.24. The van der Waals surface area contributed by atoms with Gasteiger partial charge in [0.05, 0.1) is 10.5 Å². The predicted molar refractivity (Wildman–Crippen MR) is 92.5 cm³/mol. The number of anilines is 1. The lowest BCUT2D eigenvalue weighted by Crippen LogP contribution is -2.25. The Hall–Kier alpha value is -3.22. The van der Waals surface area contributed by atoms with Crippen LogP contribution in [0, 0.1) is 10.1 Å². The molecule has 0 saturated heterocycles. The van der Waals surface area contributed by atoms with E-state index in [9.17, 15) is 19.7 Å². The summed E-state index contributed by atoms with van der Waals surface area (Å²) < 4.78 is 5.13. The van der Waals surface area contributed by atoms with Gasteiger partial charge in [0.2, 0.25) is 5.78 Å². The highest BCUT2D eigenvalue weighted by Crippen LogP contribution is 2.21. The van der Waals surface area contributed by atoms with E-state index in [-0.39, 0.29) is 22.7 Å². The molecule has 25 heavy (non-hydrogen) atoms. The van der Waals surface area contributed by atoms with Crippen LogP contribution in [0.5, 0.6) is 0 Å². The molecule has 2 aromatic carbocycles. The summed E-state index contributed by atoms with van der Waals surface area (Å²) >= 11 is 0. The van der Waals surface area contributed by atoms with Gasteiger partial charge in [0.15, 0.2) is 6.10 Å². The van der Waals surface area contributed by atoms with Gasteiger partial charge in [0.1, 0.15) is 0 Å². The number of esters is 1. The molecule has 2 N–H and O–H groups in total. The van der Waals surface area contributed by atoms with Crippen LogP contribution in [-0.2, 0) is 11.2 Å². The third-order valence-corrected chi connectivity index (χ3v) is 3.77. The maximum absolute atomic E-state index is 12.4. The second-order valence-corrected chi connectivity index (χ2v) is 5.49. The number of aryl methyl sites for hydroxylation is 1. The molecular weight excluding hydrogens is 324 g/mol. The van der Waals surface area contributed by atoms with Crippen LogP contribution in [0.2, 0.25) is 0 Å². The zero-order valence-corrected chi connectivity index (χ0v) is 13.9. The van der Waals surface area contributed by atoms with Crippen LogP contribution in [0.3, 0.4) is 0 Å². The zero-order chi connectivity index (χ0) is 18.6. The average molecular weight is 342 g/mol. The summed E-state index contributed by atoms with van der Waals surface area (Å²) in [7, 11) is 0. The van der Waals surface area contributed by atoms with Crippen molar-refractivity contribution in [2.45, 2.75) is 26.4 Å². The van der Waals surface area contributed by atoms with E-state index in [0.29, 0.717) is 5.56 Å². The predicted octanol–water partition coefficient (Wildman–Crippen LogP) is 3.17. The monoisotopic (exact) mass is 342 g/mol. The second-order valence-electron chi connectivity index (χ2n) is 5.49. The number of nitro benzene ring substituents is 1. The minimum Gasteiger partial charge on any atom is -0.451 e. The van der Waals surface area contributed by atoms with Crippen molar-refractivity contribution in [3.63, 3.8) is 0 Å². The smallest absolute Gasteiger partial charge is 0.341 e. The average Bonchev–Trinajstić information content (AvgIpc) is 2.61. The first-order valence-corrected chi connectivity index (χ1v) is 7.71. The first-order valence-electron chi connectivity index (χ1n) is 7.71. The number of carbonyl (C=O) groups excluding carboxylic acids is 2. The molecule has 0 bridgehead atoms. The van der Waals surface area contributed by atoms with E-state index in [4.69, 9.17) is 10.5 Å². The van der Waals surface area contributed by atoms with Crippen molar-refractivity contribution in [1.82, 2.24) is 0 Å². The number of ether oxygens (including phenoxy) is 1. The van der Waals surface area contributed by atoms with Crippen molar-refractivity contribution in [1.29, 1.82) is 0 Å². The fraction of sp³-hybridized carbons (Fsp3) is 0.222. The molecule has 1 atom stereocenters. The first kappa shape index (κ1) is 18.1. The van der Waals surface area contributed by atoms with E-state index < -0.39 is 17.0 Å². The number of hydrogen-bond donors (Lipinski definition) is 1. The fourth-order valence-corrected chi connectivity index (χ4v) is 2.25. The number of Topliss-reactive ketones (excluding diaryl/α,β-unsaturated/α-hetero) is 1. The van der Waals surface area contributed by atoms with Gasteiger partial charge < -0.3 is 10.5 Å². The molecule has 0 aromatic heterocycles. The molecule has 7 heteroatoms. The highest BCUT2D eigenvalue weighted by Gasteiger charge is 2.23. The van der Waals surface area contributed by atoms with Gasteiger partial charge in [0.25, 0.3) is 5.69 Å². The number of nitrogens with zero attached hydrogens (tertiary/aromatic N) is 1. The van der Waals surface area contributed by atoms with Crippen LogP contribution in [0.15, 0.2) is 42.5 Å². The Morgan fingerprint density at radius 1 is 1.20 bits per heavy atom. The number of nitrogen functional groups attached to an aromatic ring is 1. The van der Waals surface area contributed by atoms with E-state index in [1.54, 1.807) is 12.1 Å². The van der Waals surface area contributed by atoms with Crippen LogP contribution in [0.1, 0.15) is 40.1 Å². The molecule has 0 heterocycles. The Balaban J connectivity index is 2.15. The maximum atomic E-state index is 12.4. The molecule has 0 saturated carbocycles. The molecule has 0 aliphatic carbocycles. The van der Waals surface area contributed by atoms with Crippen molar-refractivity contribution >= 4 is 23.1 Å². The Morgan fingerprint density at radius 3 is 2.40 bits per heavy atom. The first-order chi connectivity index (χ1) is 11.8. The van der Waals surface area contributed by atoms with Gasteiger partial charge in [-0.05, 0) is 25.0 Å². The molecule has 130 valence electrons. The van der Waals surface area contributed by atoms with Crippen LogP contribution in [0.4, 0.5) is 11.4 Å². The lowest BCUT2D eigenvalue weighted by molar-refractivity contribution is -0.384. The lowest BCUT2D eigenvalue weighted by Gasteiger charge is -2.13. The number of benzene rings is 2. The summed E-state index contributed by atoms with van der Waals surface area (Å²) in [6.07, 6.45) is -0.191. The molecule has 0 aliphatic heterocycles. The molecule has 0 spiro atoms. The van der Waals surface area contributed by atoms with Crippen LogP contribution in [0.25, 0.3) is 0 Å². The van der Waals surface area contributed by atoms with E-state index in [0.717, 1.165) is 18.1 Å². The van der Waals surface area contributed by atoms with E-state index in [1.165, 1.54) is 19.1 Å². The largest absolute Gasteiger partial charge is 0.451 e. The molecule has 0 amide bonds. The van der Waals surface area contributed by atoms with Gasteiger partial charge in [-0.15, -0.1) is 0 Å². The minimum absolute atomic E-state index is 0.0440. The zero-order valence-electron chi connectivity index (χ0n) is 13.9. The summed E-state index contributed by atoms with van der Waals surface area (Å²) in [5, 5.41) is 10.8. The number of hydrogen-bond acceptors (Lipinski definition) is 6. The summed E-state index contributed by atoms with van der Waals surface area (Å²) in [6.45, 7) is 3.45. The van der Waals surface area contributed by atoms with Crippen LogP contribution < -0.4 is 5.73 Å². The number of rotatable bonds is 6. The molecule has 2 rings (SSSR count). The van der Waals surface area contributed by atoms with Crippen molar-refractivity contribution in [3.05, 3.63) is 69.3 Å². The SMILES string of the molecule is CCc1ccc(C(=O)[C@@H](C)OC(=O)c2cc([N+](=O)[O-])ccc2N)cc1. The normalized spacial score (nSPS) is 11.6. The van der Waals surface area contributed by atoms with Crippen molar-refractivity contribution in [2.24, 2.45) is 0 Å². The van der Waals surface area contributed by atoms with Crippen molar-refractivity contribution in [3.8, 4) is 0 Å².